The second kappa shape index (κ2) is 7.06. The lowest BCUT2D eigenvalue weighted by atomic mass is 10.0. The van der Waals surface area contributed by atoms with Crippen LogP contribution in [0.25, 0.3) is 0 Å². The number of fused-ring (bicyclic) bond motifs is 1. The second-order valence-corrected chi connectivity index (χ2v) is 7.31. The van der Waals surface area contributed by atoms with E-state index in [4.69, 9.17) is 4.74 Å². The zero-order valence-electron chi connectivity index (χ0n) is 14.9. The molecule has 0 unspecified atom stereocenters. The molecule has 2 aliphatic rings. The smallest absolute Gasteiger partial charge is 0.352 e. The Kier molecular flexibility index (Phi) is 4.96. The summed E-state index contributed by atoms with van der Waals surface area (Å²) >= 11 is 1.31. The lowest BCUT2D eigenvalue weighted by Gasteiger charge is -2.49. The number of hydrogen-bond acceptors (Lipinski definition) is 7. The number of nitrogens with one attached hydrogen (secondary N) is 1. The van der Waals surface area contributed by atoms with Gasteiger partial charge in [0.05, 0.1) is 11.3 Å². The van der Waals surface area contributed by atoms with E-state index in [1.54, 1.807) is 20.2 Å². The monoisotopic (exact) mass is 394 g/mol. The molecule has 27 heavy (non-hydrogen) atoms. The molecule has 1 aromatic heterocycles. The summed E-state index contributed by atoms with van der Waals surface area (Å²) in [5.41, 5.74) is 1.05. The number of aromatic nitrogens is 2. The number of β-lactam (4-membered cyclic amide) rings is 1. The van der Waals surface area contributed by atoms with Gasteiger partial charge in [0.15, 0.2) is 0 Å². The molecule has 1 aromatic rings. The van der Waals surface area contributed by atoms with Gasteiger partial charge in [-0.05, 0) is 6.92 Å². The van der Waals surface area contributed by atoms with E-state index in [0.717, 1.165) is 4.90 Å². The number of aryl methyl sites for hydroxylation is 2. The first-order valence-corrected chi connectivity index (χ1v) is 9.10. The van der Waals surface area contributed by atoms with Crippen molar-refractivity contribution >= 4 is 35.5 Å². The molecule has 0 spiro atoms. The van der Waals surface area contributed by atoms with Crippen LogP contribution in [0.15, 0.2) is 17.5 Å². The van der Waals surface area contributed by atoms with Gasteiger partial charge >= 0.3 is 11.9 Å². The van der Waals surface area contributed by atoms with E-state index in [0.29, 0.717) is 16.8 Å². The summed E-state index contributed by atoms with van der Waals surface area (Å²) < 4.78 is 6.38. The highest BCUT2D eigenvalue weighted by atomic mass is 32.2. The van der Waals surface area contributed by atoms with Gasteiger partial charge in [-0.2, -0.15) is 5.10 Å². The fourth-order valence-corrected chi connectivity index (χ4v) is 4.35. The summed E-state index contributed by atoms with van der Waals surface area (Å²) in [5, 5.41) is 15.7. The van der Waals surface area contributed by atoms with Gasteiger partial charge in [-0.1, -0.05) is 0 Å². The van der Waals surface area contributed by atoms with Crippen LogP contribution >= 0.6 is 11.8 Å². The third-order valence-corrected chi connectivity index (χ3v) is 5.58. The third-order valence-electron chi connectivity index (χ3n) is 4.24. The maximum Gasteiger partial charge on any atom is 0.352 e. The first-order chi connectivity index (χ1) is 12.7. The molecule has 2 atom stereocenters. The van der Waals surface area contributed by atoms with Crippen LogP contribution in [0.4, 0.5) is 0 Å². The molecule has 0 aromatic carbocycles. The van der Waals surface area contributed by atoms with Crippen molar-refractivity contribution in [3.8, 4) is 0 Å². The quantitative estimate of drug-likeness (QED) is 0.512. The number of amides is 2. The number of carboxylic acids is 1. The molecule has 1 fully saturated rings. The van der Waals surface area contributed by atoms with Crippen molar-refractivity contribution in [2.24, 2.45) is 7.05 Å². The molecular formula is C16H18N4O6S. The number of ether oxygens (including phenoxy) is 1. The molecule has 0 radical (unpaired) electrons. The normalized spacial score (nSPS) is 21.4. The van der Waals surface area contributed by atoms with Gasteiger partial charge in [-0.3, -0.25) is 24.0 Å². The summed E-state index contributed by atoms with van der Waals surface area (Å²) in [7, 11) is 1.69. The average molecular weight is 394 g/mol. The van der Waals surface area contributed by atoms with Crippen molar-refractivity contribution in [2.75, 3.05) is 12.4 Å². The van der Waals surface area contributed by atoms with E-state index in [9.17, 15) is 24.3 Å². The molecular weight excluding hydrogens is 376 g/mol. The molecule has 3 heterocycles. The van der Waals surface area contributed by atoms with Gasteiger partial charge < -0.3 is 15.2 Å². The number of carboxylic acid groups (broad SMARTS) is 1. The SMILES string of the molecule is CC(=O)OCC1=C(C(=O)O)N2C(=O)[C@@H](NC(=O)c3cn(C)nc3C)[C@H]2SC1. The molecule has 1 saturated heterocycles. The second-order valence-electron chi connectivity index (χ2n) is 6.20. The van der Waals surface area contributed by atoms with Crippen molar-refractivity contribution in [2.45, 2.75) is 25.3 Å². The van der Waals surface area contributed by atoms with Crippen molar-refractivity contribution in [3.63, 3.8) is 0 Å². The van der Waals surface area contributed by atoms with Crippen molar-refractivity contribution < 1.29 is 29.0 Å². The zero-order chi connectivity index (χ0) is 19.9. The first-order valence-electron chi connectivity index (χ1n) is 8.05. The molecule has 144 valence electrons. The molecule has 2 N–H and O–H groups in total. The number of esters is 1. The Hall–Kier alpha value is -2.82. The summed E-state index contributed by atoms with van der Waals surface area (Å²) in [6.07, 6.45) is 1.55. The van der Waals surface area contributed by atoms with Gasteiger partial charge in [0.1, 0.15) is 23.7 Å². The number of aliphatic carboxylic acids is 1. The highest BCUT2D eigenvalue weighted by Crippen LogP contribution is 2.40. The maximum absolute atomic E-state index is 12.5. The van der Waals surface area contributed by atoms with Gasteiger partial charge in [0, 0.05) is 31.5 Å². The minimum absolute atomic E-state index is 0.187. The fraction of sp³-hybridized carbons (Fsp3) is 0.438. The van der Waals surface area contributed by atoms with Crippen LogP contribution in [0.5, 0.6) is 0 Å². The highest BCUT2D eigenvalue weighted by molar-refractivity contribution is 8.00. The molecule has 0 bridgehead atoms. The van der Waals surface area contributed by atoms with Crippen LogP contribution in [0, 0.1) is 6.92 Å². The van der Waals surface area contributed by atoms with E-state index in [1.165, 1.54) is 23.4 Å². The van der Waals surface area contributed by atoms with Crippen molar-refractivity contribution in [1.29, 1.82) is 0 Å². The lowest BCUT2D eigenvalue weighted by molar-refractivity contribution is -0.149. The Bertz CT molecular complexity index is 876. The molecule has 2 amide bonds. The highest BCUT2D eigenvalue weighted by Gasteiger charge is 2.54. The van der Waals surface area contributed by atoms with Crippen LogP contribution in [-0.4, -0.2) is 67.3 Å². The summed E-state index contributed by atoms with van der Waals surface area (Å²) in [4.78, 5) is 48.7. The molecule has 2 aliphatic heterocycles. The van der Waals surface area contributed by atoms with Crippen LogP contribution in [0.1, 0.15) is 23.0 Å². The molecule has 0 aliphatic carbocycles. The van der Waals surface area contributed by atoms with Gasteiger partial charge in [-0.15, -0.1) is 11.8 Å². The fourth-order valence-electron chi connectivity index (χ4n) is 3.02. The Balaban J connectivity index is 1.77. The Morgan fingerprint density at radius 2 is 2.15 bits per heavy atom. The topological polar surface area (TPSA) is 131 Å². The largest absolute Gasteiger partial charge is 0.477 e. The van der Waals surface area contributed by atoms with E-state index in [2.05, 4.69) is 10.4 Å². The number of carbonyl (C=O) groups excluding carboxylic acids is 3. The van der Waals surface area contributed by atoms with E-state index < -0.39 is 35.2 Å². The van der Waals surface area contributed by atoms with E-state index in [-0.39, 0.29) is 18.1 Å². The van der Waals surface area contributed by atoms with E-state index >= 15 is 0 Å². The Morgan fingerprint density at radius 1 is 1.44 bits per heavy atom. The maximum atomic E-state index is 12.5. The number of hydrogen-bond donors (Lipinski definition) is 2. The third kappa shape index (κ3) is 3.42. The molecule has 0 saturated carbocycles. The summed E-state index contributed by atoms with van der Waals surface area (Å²) in [6.45, 7) is 2.72. The zero-order valence-corrected chi connectivity index (χ0v) is 15.7. The molecule has 3 rings (SSSR count). The number of carbonyl (C=O) groups is 4. The first kappa shape index (κ1) is 19.0. The van der Waals surface area contributed by atoms with Crippen LogP contribution in [0.3, 0.4) is 0 Å². The summed E-state index contributed by atoms with van der Waals surface area (Å²) in [5.74, 6) is -2.48. The minimum Gasteiger partial charge on any atom is -0.477 e. The minimum atomic E-state index is -1.27. The van der Waals surface area contributed by atoms with Crippen molar-refractivity contribution in [3.05, 3.63) is 28.7 Å². The molecule has 10 nitrogen and oxygen atoms in total. The Morgan fingerprint density at radius 3 is 2.70 bits per heavy atom. The number of nitrogens with zero attached hydrogens (tertiary/aromatic N) is 3. The predicted molar refractivity (Wildman–Crippen MR) is 93.6 cm³/mol. The standard InChI is InChI=1S/C16H18N4O6S/c1-7-10(4-19(3)18-7)13(22)17-11-14(23)20-12(16(24)25)9(5-26-8(2)21)6-27-15(11)20/h4,11,15H,5-6H2,1-3H3,(H,17,22)(H,24,25)/t11-,15-/m1/s1. The average Bonchev–Trinajstić information content (AvgIpc) is 2.94. The summed E-state index contributed by atoms with van der Waals surface area (Å²) in [6, 6.07) is -0.827. The molecule has 11 heteroatoms. The van der Waals surface area contributed by atoms with Crippen LogP contribution in [0.2, 0.25) is 0 Å². The Labute approximate surface area is 158 Å². The van der Waals surface area contributed by atoms with Crippen molar-refractivity contribution in [1.82, 2.24) is 20.0 Å². The van der Waals surface area contributed by atoms with Crippen LogP contribution < -0.4 is 5.32 Å². The van der Waals surface area contributed by atoms with Gasteiger partial charge in [0.25, 0.3) is 11.8 Å². The number of thioether (sulfide) groups is 1. The number of rotatable bonds is 5. The van der Waals surface area contributed by atoms with Crippen LogP contribution in [-0.2, 0) is 26.2 Å². The van der Waals surface area contributed by atoms with Gasteiger partial charge in [-0.25, -0.2) is 4.79 Å². The van der Waals surface area contributed by atoms with E-state index in [1.807, 2.05) is 0 Å². The lowest BCUT2D eigenvalue weighted by Crippen LogP contribution is -2.70. The predicted octanol–water partition coefficient (Wildman–Crippen LogP) is -0.356. The van der Waals surface area contributed by atoms with Gasteiger partial charge in [0.2, 0.25) is 0 Å².